The van der Waals surface area contributed by atoms with Crippen molar-refractivity contribution in [3.05, 3.63) is 56.8 Å². The van der Waals surface area contributed by atoms with E-state index in [9.17, 15) is 20.2 Å². The highest BCUT2D eigenvalue weighted by Crippen LogP contribution is 2.27. The van der Waals surface area contributed by atoms with E-state index in [4.69, 9.17) is 0 Å². The lowest BCUT2D eigenvalue weighted by molar-refractivity contribution is -0.384. The van der Waals surface area contributed by atoms with Gasteiger partial charge in [0.05, 0.1) is 9.85 Å². The number of hydrogen-bond acceptors (Lipinski definition) is 7. The third-order valence-electron chi connectivity index (χ3n) is 2.82. The van der Waals surface area contributed by atoms with Crippen molar-refractivity contribution in [2.45, 2.75) is 0 Å². The fourth-order valence-electron chi connectivity index (χ4n) is 1.93. The molecule has 10 heteroatoms. The maximum Gasteiger partial charge on any atom is 0.313 e. The molecule has 0 saturated carbocycles. The van der Waals surface area contributed by atoms with E-state index in [1.807, 2.05) is 0 Å². The Bertz CT molecular complexity index is 874. The molecule has 10 nitrogen and oxygen atoms in total. The Kier molecular flexibility index (Phi) is 2.76. The molecule has 21 heavy (non-hydrogen) atoms. The molecule has 0 atom stereocenters. The average molecular weight is 286 g/mol. The van der Waals surface area contributed by atoms with Crippen molar-refractivity contribution in [3.63, 3.8) is 0 Å². The lowest BCUT2D eigenvalue weighted by Gasteiger charge is -2.01. The first-order valence-electron chi connectivity index (χ1n) is 5.68. The zero-order valence-electron chi connectivity index (χ0n) is 10.3. The number of benzene rings is 1. The Hall–Kier alpha value is -3.43. The number of pyridine rings is 1. The summed E-state index contributed by atoms with van der Waals surface area (Å²) in [7, 11) is 0. The summed E-state index contributed by atoms with van der Waals surface area (Å²) in [4.78, 5) is 24.7. The SMILES string of the molecule is O=[N+]([O-])c1cccnc1-n1nnc2c([N+](=O)[O-])cccc21. The van der Waals surface area contributed by atoms with Gasteiger partial charge in [0.15, 0.2) is 5.52 Å². The number of rotatable bonds is 3. The topological polar surface area (TPSA) is 130 Å². The van der Waals surface area contributed by atoms with Gasteiger partial charge in [0.1, 0.15) is 5.52 Å². The van der Waals surface area contributed by atoms with Crippen LogP contribution in [0.3, 0.4) is 0 Å². The van der Waals surface area contributed by atoms with E-state index in [0.29, 0.717) is 0 Å². The predicted molar refractivity (Wildman–Crippen MR) is 70.0 cm³/mol. The molecule has 0 bridgehead atoms. The molecule has 3 aromatic rings. The quantitative estimate of drug-likeness (QED) is 0.528. The van der Waals surface area contributed by atoms with Crippen LogP contribution in [0.4, 0.5) is 11.4 Å². The fraction of sp³-hybridized carbons (Fsp3) is 0. The molecule has 2 heterocycles. The van der Waals surface area contributed by atoms with Gasteiger partial charge in [-0.25, -0.2) is 4.98 Å². The van der Waals surface area contributed by atoms with Crippen LogP contribution in [0.25, 0.3) is 16.9 Å². The first-order valence-corrected chi connectivity index (χ1v) is 5.68. The molecule has 0 spiro atoms. The Morgan fingerprint density at radius 3 is 2.43 bits per heavy atom. The lowest BCUT2D eigenvalue weighted by Crippen LogP contribution is -2.04. The molecule has 0 aliphatic heterocycles. The first-order chi connectivity index (χ1) is 10.1. The van der Waals surface area contributed by atoms with Crippen molar-refractivity contribution in [1.82, 2.24) is 20.0 Å². The molecule has 0 aliphatic carbocycles. The average Bonchev–Trinajstić information content (AvgIpc) is 2.90. The van der Waals surface area contributed by atoms with Crippen LogP contribution in [0.5, 0.6) is 0 Å². The number of hydrogen-bond donors (Lipinski definition) is 0. The summed E-state index contributed by atoms with van der Waals surface area (Å²) in [6.45, 7) is 0. The number of aromatic nitrogens is 4. The highest BCUT2D eigenvalue weighted by molar-refractivity contribution is 5.85. The van der Waals surface area contributed by atoms with E-state index in [-0.39, 0.29) is 28.2 Å². The molecular weight excluding hydrogens is 280 g/mol. The van der Waals surface area contributed by atoms with Crippen LogP contribution >= 0.6 is 0 Å². The molecule has 0 radical (unpaired) electrons. The minimum atomic E-state index is -0.604. The highest BCUT2D eigenvalue weighted by atomic mass is 16.6. The molecule has 0 aliphatic rings. The summed E-state index contributed by atoms with van der Waals surface area (Å²) in [6.07, 6.45) is 1.37. The van der Waals surface area contributed by atoms with Crippen LogP contribution in [0, 0.1) is 20.2 Å². The largest absolute Gasteiger partial charge is 0.313 e. The van der Waals surface area contributed by atoms with Gasteiger partial charge in [0, 0.05) is 18.3 Å². The van der Waals surface area contributed by atoms with Crippen LogP contribution < -0.4 is 0 Å². The first kappa shape index (κ1) is 12.6. The van der Waals surface area contributed by atoms with E-state index in [2.05, 4.69) is 15.3 Å². The third-order valence-corrected chi connectivity index (χ3v) is 2.82. The minimum Gasteiger partial charge on any atom is -0.258 e. The normalized spacial score (nSPS) is 10.7. The van der Waals surface area contributed by atoms with Gasteiger partial charge in [0.25, 0.3) is 5.69 Å². The van der Waals surface area contributed by atoms with Crippen molar-refractivity contribution in [2.24, 2.45) is 0 Å². The standard InChI is InChI=1S/C11H6N6O4/c18-16(19)8-4-1-3-7-10(8)13-14-15(7)11-9(17(20)21)5-2-6-12-11/h1-6H. The van der Waals surface area contributed by atoms with Crippen molar-refractivity contribution in [2.75, 3.05) is 0 Å². The zero-order valence-corrected chi connectivity index (χ0v) is 10.3. The smallest absolute Gasteiger partial charge is 0.258 e. The fourth-order valence-corrected chi connectivity index (χ4v) is 1.93. The molecule has 104 valence electrons. The highest BCUT2D eigenvalue weighted by Gasteiger charge is 2.22. The second-order valence-electron chi connectivity index (χ2n) is 4.01. The van der Waals surface area contributed by atoms with Gasteiger partial charge in [-0.15, -0.1) is 5.10 Å². The van der Waals surface area contributed by atoms with Gasteiger partial charge in [0.2, 0.25) is 5.82 Å². The summed E-state index contributed by atoms with van der Waals surface area (Å²) in [5.41, 5.74) is -0.179. The Labute approximate surface area is 115 Å². The van der Waals surface area contributed by atoms with Crippen LogP contribution in [0.2, 0.25) is 0 Å². The van der Waals surface area contributed by atoms with Gasteiger partial charge in [-0.2, -0.15) is 4.68 Å². The summed E-state index contributed by atoms with van der Waals surface area (Å²) >= 11 is 0. The van der Waals surface area contributed by atoms with Crippen LogP contribution in [-0.4, -0.2) is 29.8 Å². The summed E-state index contributed by atoms with van der Waals surface area (Å²) in [5, 5.41) is 29.4. The molecule has 0 N–H and O–H groups in total. The van der Waals surface area contributed by atoms with Crippen LogP contribution in [0.15, 0.2) is 36.5 Å². The number of fused-ring (bicyclic) bond motifs is 1. The maximum atomic E-state index is 11.0. The van der Waals surface area contributed by atoms with Gasteiger partial charge in [-0.1, -0.05) is 11.3 Å². The Balaban J connectivity index is 2.31. The number of nitro benzene ring substituents is 1. The Morgan fingerprint density at radius 1 is 1.00 bits per heavy atom. The van der Waals surface area contributed by atoms with Gasteiger partial charge in [-0.3, -0.25) is 20.2 Å². The second-order valence-corrected chi connectivity index (χ2v) is 4.01. The minimum absolute atomic E-state index is 0.0439. The van der Waals surface area contributed by atoms with Gasteiger partial charge < -0.3 is 0 Å². The molecule has 0 unspecified atom stereocenters. The number of non-ortho nitro benzene ring substituents is 1. The zero-order chi connectivity index (χ0) is 15.0. The molecule has 2 aromatic heterocycles. The van der Waals surface area contributed by atoms with Gasteiger partial charge >= 0.3 is 5.69 Å². The number of nitrogens with zero attached hydrogens (tertiary/aromatic N) is 6. The van der Waals surface area contributed by atoms with E-state index in [1.54, 1.807) is 0 Å². The molecular formula is C11H6N6O4. The van der Waals surface area contributed by atoms with Gasteiger partial charge in [-0.05, 0) is 12.1 Å². The van der Waals surface area contributed by atoms with Crippen molar-refractivity contribution < 1.29 is 9.85 Å². The van der Waals surface area contributed by atoms with E-state index in [0.717, 1.165) is 4.68 Å². The lowest BCUT2D eigenvalue weighted by atomic mass is 10.2. The molecule has 3 rings (SSSR count). The second kappa shape index (κ2) is 4.59. The van der Waals surface area contributed by atoms with E-state index in [1.165, 1.54) is 36.5 Å². The summed E-state index contributed by atoms with van der Waals surface area (Å²) in [6, 6.07) is 6.96. The van der Waals surface area contributed by atoms with E-state index >= 15 is 0 Å². The van der Waals surface area contributed by atoms with Crippen molar-refractivity contribution in [3.8, 4) is 5.82 Å². The molecule has 0 saturated heterocycles. The molecule has 0 fully saturated rings. The van der Waals surface area contributed by atoms with Crippen molar-refractivity contribution in [1.29, 1.82) is 0 Å². The van der Waals surface area contributed by atoms with Crippen LogP contribution in [-0.2, 0) is 0 Å². The van der Waals surface area contributed by atoms with Crippen LogP contribution in [0.1, 0.15) is 0 Å². The summed E-state index contributed by atoms with van der Waals surface area (Å²) in [5.74, 6) is -0.0505. The molecule has 0 amide bonds. The monoisotopic (exact) mass is 286 g/mol. The Morgan fingerprint density at radius 2 is 1.71 bits per heavy atom. The van der Waals surface area contributed by atoms with Crippen molar-refractivity contribution >= 4 is 22.4 Å². The summed E-state index contributed by atoms with van der Waals surface area (Å²) < 4.78 is 1.11. The van der Waals surface area contributed by atoms with E-state index < -0.39 is 9.85 Å². The number of nitro groups is 2. The maximum absolute atomic E-state index is 11.0. The predicted octanol–water partition coefficient (Wildman–Crippen LogP) is 1.63. The third kappa shape index (κ3) is 1.94. The molecule has 1 aromatic carbocycles.